The molecular weight excluding hydrogens is 361 g/mol. The summed E-state index contributed by atoms with van der Waals surface area (Å²) < 4.78 is 25.0. The molecule has 0 spiro atoms. The van der Waals surface area contributed by atoms with Gasteiger partial charge >= 0.3 is 0 Å². The van der Waals surface area contributed by atoms with Crippen molar-refractivity contribution in [3.8, 4) is 11.5 Å². The van der Waals surface area contributed by atoms with Gasteiger partial charge in [-0.3, -0.25) is 4.79 Å². The first kappa shape index (κ1) is 18.6. The number of benzene rings is 2. The number of fused-ring (bicyclic) bond motifs is 1. The molecular formula is C21H25FN3O3+. The molecule has 0 radical (unpaired) electrons. The summed E-state index contributed by atoms with van der Waals surface area (Å²) in [5.74, 6) is 1.27. The molecule has 2 heterocycles. The summed E-state index contributed by atoms with van der Waals surface area (Å²) in [6.45, 7) is 5.55. The molecule has 148 valence electrons. The molecule has 2 aromatic rings. The van der Waals surface area contributed by atoms with Crippen molar-refractivity contribution in [3.05, 3.63) is 53.8 Å². The maximum atomic E-state index is 14.1. The minimum atomic E-state index is -0.184. The number of hydrogen-bond donors (Lipinski definition) is 2. The molecule has 4 rings (SSSR count). The smallest absolute Gasteiger partial charge is 0.231 e. The van der Waals surface area contributed by atoms with Crippen LogP contribution in [0.3, 0.4) is 0 Å². The maximum absolute atomic E-state index is 14.1. The monoisotopic (exact) mass is 386 g/mol. The van der Waals surface area contributed by atoms with E-state index in [4.69, 9.17) is 9.47 Å². The van der Waals surface area contributed by atoms with Crippen LogP contribution in [0.5, 0.6) is 11.5 Å². The van der Waals surface area contributed by atoms with Crippen LogP contribution in [0.1, 0.15) is 18.5 Å². The average molecular weight is 386 g/mol. The lowest BCUT2D eigenvalue weighted by Gasteiger charge is -2.38. The second-order valence-corrected chi connectivity index (χ2v) is 7.20. The van der Waals surface area contributed by atoms with Crippen LogP contribution in [0.15, 0.2) is 42.5 Å². The Balaban J connectivity index is 1.50. The largest absolute Gasteiger partial charge is 0.454 e. The van der Waals surface area contributed by atoms with Crippen LogP contribution in [-0.4, -0.2) is 45.4 Å². The summed E-state index contributed by atoms with van der Waals surface area (Å²) in [7, 11) is 0. The highest BCUT2D eigenvalue weighted by atomic mass is 19.1. The fraction of sp³-hybridized carbons (Fsp3) is 0.381. The molecule has 2 aliphatic heterocycles. The van der Waals surface area contributed by atoms with Crippen LogP contribution in [0.25, 0.3) is 0 Å². The Morgan fingerprint density at radius 3 is 2.68 bits per heavy atom. The van der Waals surface area contributed by atoms with E-state index in [1.165, 1.54) is 17.9 Å². The summed E-state index contributed by atoms with van der Waals surface area (Å²) in [5.41, 5.74) is 1.76. The highest BCUT2D eigenvalue weighted by molar-refractivity contribution is 5.72. The molecule has 28 heavy (non-hydrogen) atoms. The molecule has 0 bridgehead atoms. The zero-order valence-corrected chi connectivity index (χ0v) is 15.9. The second kappa shape index (κ2) is 8.06. The number of rotatable bonds is 5. The van der Waals surface area contributed by atoms with Crippen LogP contribution < -0.4 is 24.6 Å². The highest BCUT2D eigenvalue weighted by Gasteiger charge is 2.30. The van der Waals surface area contributed by atoms with Crippen molar-refractivity contribution in [2.45, 2.75) is 13.0 Å². The minimum Gasteiger partial charge on any atom is -0.454 e. The SMILES string of the molecule is CC(=O)NC[C@H](c1ccc2c(c1)OCO2)[NH+]1CCN(c2ccccc2F)CC1. The van der Waals surface area contributed by atoms with Crippen LogP contribution in [0, 0.1) is 5.82 Å². The van der Waals surface area contributed by atoms with Gasteiger partial charge in [0.05, 0.1) is 38.4 Å². The van der Waals surface area contributed by atoms with Crippen molar-refractivity contribution in [2.24, 2.45) is 0 Å². The van der Waals surface area contributed by atoms with Crippen molar-refractivity contribution >= 4 is 11.6 Å². The molecule has 0 aromatic heterocycles. The Labute approximate surface area is 163 Å². The van der Waals surface area contributed by atoms with Crippen molar-refractivity contribution in [1.29, 1.82) is 0 Å². The van der Waals surface area contributed by atoms with Crippen LogP contribution in [0.4, 0.5) is 10.1 Å². The predicted octanol–water partition coefficient (Wildman–Crippen LogP) is 1.14. The molecule has 1 saturated heterocycles. The van der Waals surface area contributed by atoms with Crippen LogP contribution in [0.2, 0.25) is 0 Å². The standard InChI is InChI=1S/C21H24FN3O3/c1-15(26)23-13-19(16-6-7-20-21(12-16)28-14-27-20)25-10-8-24(9-11-25)18-5-3-2-4-17(18)22/h2-7,12,19H,8-11,13-14H2,1H3,(H,23,26)/p+1/t19-/m1/s1. The first-order chi connectivity index (χ1) is 13.6. The number of halogens is 1. The molecule has 0 unspecified atom stereocenters. The van der Waals surface area contributed by atoms with Crippen molar-refractivity contribution in [2.75, 3.05) is 44.4 Å². The fourth-order valence-corrected chi connectivity index (χ4v) is 3.97. The van der Waals surface area contributed by atoms with E-state index in [-0.39, 0.29) is 24.6 Å². The van der Waals surface area contributed by atoms with E-state index in [1.807, 2.05) is 30.3 Å². The Kier molecular flexibility index (Phi) is 5.34. The van der Waals surface area contributed by atoms with Gasteiger partial charge in [-0.1, -0.05) is 12.1 Å². The molecule has 6 nitrogen and oxygen atoms in total. The maximum Gasteiger partial charge on any atom is 0.231 e. The summed E-state index contributed by atoms with van der Waals surface area (Å²) in [6, 6.07) is 13.0. The molecule has 2 aliphatic rings. The summed E-state index contributed by atoms with van der Waals surface area (Å²) in [6.07, 6.45) is 0. The normalized spacial score (nSPS) is 17.4. The van der Waals surface area contributed by atoms with Crippen molar-refractivity contribution in [1.82, 2.24) is 5.32 Å². The van der Waals surface area contributed by atoms with Crippen LogP contribution >= 0.6 is 0 Å². The van der Waals surface area contributed by atoms with Gasteiger partial charge in [-0.2, -0.15) is 0 Å². The number of para-hydroxylation sites is 1. The van der Waals surface area contributed by atoms with E-state index in [2.05, 4.69) is 10.2 Å². The summed E-state index contributed by atoms with van der Waals surface area (Å²) in [4.78, 5) is 15.0. The Hall–Kier alpha value is -2.80. The Bertz CT molecular complexity index is 853. The Morgan fingerprint density at radius 1 is 1.18 bits per heavy atom. The van der Waals surface area contributed by atoms with E-state index in [9.17, 15) is 9.18 Å². The number of hydrogen-bond acceptors (Lipinski definition) is 4. The lowest BCUT2D eigenvalue weighted by Crippen LogP contribution is -3.15. The lowest BCUT2D eigenvalue weighted by atomic mass is 10.0. The van der Waals surface area contributed by atoms with Gasteiger partial charge in [0, 0.05) is 12.5 Å². The zero-order chi connectivity index (χ0) is 19.5. The third-order valence-corrected chi connectivity index (χ3v) is 5.45. The molecule has 1 atom stereocenters. The Morgan fingerprint density at radius 2 is 1.93 bits per heavy atom. The van der Waals surface area contributed by atoms with Gasteiger partial charge in [0.15, 0.2) is 11.5 Å². The van der Waals surface area contributed by atoms with Crippen molar-refractivity contribution in [3.63, 3.8) is 0 Å². The number of nitrogens with one attached hydrogen (secondary N) is 2. The first-order valence-corrected chi connectivity index (χ1v) is 9.60. The van der Waals surface area contributed by atoms with Crippen LogP contribution in [-0.2, 0) is 4.79 Å². The highest BCUT2D eigenvalue weighted by Crippen LogP contribution is 2.33. The number of ether oxygens (including phenoxy) is 2. The first-order valence-electron chi connectivity index (χ1n) is 9.60. The third-order valence-electron chi connectivity index (χ3n) is 5.45. The number of amides is 1. The minimum absolute atomic E-state index is 0.0462. The van der Waals surface area contributed by atoms with E-state index >= 15 is 0 Å². The lowest BCUT2D eigenvalue weighted by molar-refractivity contribution is -0.931. The summed E-state index contributed by atoms with van der Waals surface area (Å²) >= 11 is 0. The van der Waals surface area contributed by atoms with E-state index in [1.54, 1.807) is 6.07 Å². The third kappa shape index (κ3) is 3.89. The molecule has 2 N–H and O–H groups in total. The van der Waals surface area contributed by atoms with Gasteiger partial charge in [-0.15, -0.1) is 0 Å². The second-order valence-electron chi connectivity index (χ2n) is 7.20. The number of anilines is 1. The van der Waals surface area contributed by atoms with E-state index in [0.717, 1.165) is 43.2 Å². The molecule has 1 amide bonds. The van der Waals surface area contributed by atoms with Gasteiger partial charge < -0.3 is 24.6 Å². The molecule has 2 aromatic carbocycles. The molecule has 1 fully saturated rings. The van der Waals surface area contributed by atoms with E-state index in [0.29, 0.717) is 12.2 Å². The topological polar surface area (TPSA) is 55.2 Å². The number of nitrogens with zero attached hydrogens (tertiary/aromatic N) is 1. The van der Waals surface area contributed by atoms with Gasteiger partial charge in [0.1, 0.15) is 11.9 Å². The van der Waals surface area contributed by atoms with Crippen molar-refractivity contribution < 1.29 is 23.6 Å². The molecule has 0 saturated carbocycles. The number of carbonyl (C=O) groups excluding carboxylic acids is 1. The fourth-order valence-electron chi connectivity index (χ4n) is 3.97. The average Bonchev–Trinajstić information content (AvgIpc) is 3.17. The zero-order valence-electron chi connectivity index (χ0n) is 15.9. The van der Waals surface area contributed by atoms with Gasteiger partial charge in [0.25, 0.3) is 0 Å². The number of carbonyl (C=O) groups is 1. The number of piperazine rings is 1. The molecule has 0 aliphatic carbocycles. The van der Waals surface area contributed by atoms with Gasteiger partial charge in [-0.25, -0.2) is 4.39 Å². The summed E-state index contributed by atoms with van der Waals surface area (Å²) in [5, 5.41) is 2.96. The predicted molar refractivity (Wildman–Crippen MR) is 103 cm³/mol. The quantitative estimate of drug-likeness (QED) is 0.809. The number of quaternary nitrogens is 1. The van der Waals surface area contributed by atoms with E-state index < -0.39 is 0 Å². The molecule has 7 heteroatoms. The van der Waals surface area contributed by atoms with Gasteiger partial charge in [0.2, 0.25) is 12.7 Å². The van der Waals surface area contributed by atoms with Gasteiger partial charge in [-0.05, 0) is 30.3 Å².